The van der Waals surface area contributed by atoms with E-state index in [1.165, 1.54) is 0 Å². The molecule has 1 aliphatic rings. The predicted octanol–water partition coefficient (Wildman–Crippen LogP) is 3.70. The summed E-state index contributed by atoms with van der Waals surface area (Å²) in [6.07, 6.45) is 5.94. The van der Waals surface area contributed by atoms with Crippen LogP contribution < -0.4 is 15.0 Å². The normalized spacial score (nSPS) is 14.2. The molecule has 1 aromatic heterocycles. The molecule has 0 fully saturated rings. The number of benzene rings is 1. The molecule has 0 N–H and O–H groups in total. The van der Waals surface area contributed by atoms with E-state index in [2.05, 4.69) is 13.8 Å². The first-order valence-electron chi connectivity index (χ1n) is 9.07. The van der Waals surface area contributed by atoms with Crippen molar-refractivity contribution in [1.82, 2.24) is 9.55 Å². The molecule has 0 radical (unpaired) electrons. The maximum atomic E-state index is 13.0. The van der Waals surface area contributed by atoms with Crippen LogP contribution in [0.2, 0.25) is 0 Å². The summed E-state index contributed by atoms with van der Waals surface area (Å²) in [6.45, 7) is 6.10. The van der Waals surface area contributed by atoms with Gasteiger partial charge in [0.05, 0.1) is 18.6 Å². The smallest absolute Gasteiger partial charge is 0.261 e. The van der Waals surface area contributed by atoms with Crippen LogP contribution in [0.1, 0.15) is 51.8 Å². The van der Waals surface area contributed by atoms with Crippen LogP contribution in [0.5, 0.6) is 11.5 Å². The highest BCUT2D eigenvalue weighted by atomic mass is 16.5. The molecule has 1 aromatic carbocycles. The minimum absolute atomic E-state index is 0.0280. The van der Waals surface area contributed by atoms with Crippen LogP contribution in [0, 0.1) is 0 Å². The van der Waals surface area contributed by atoms with Crippen molar-refractivity contribution in [3.63, 3.8) is 0 Å². The number of hydrogen-bond acceptors (Lipinski definition) is 4. The van der Waals surface area contributed by atoms with E-state index in [4.69, 9.17) is 14.5 Å². The molecule has 24 heavy (non-hydrogen) atoms. The topological polar surface area (TPSA) is 53.4 Å². The number of aromatic nitrogens is 2. The van der Waals surface area contributed by atoms with Crippen LogP contribution in [0.3, 0.4) is 0 Å². The molecule has 5 heteroatoms. The summed E-state index contributed by atoms with van der Waals surface area (Å²) in [5.74, 6) is 2.22. The number of aryl methyl sites for hydroxylation is 1. The third-order valence-electron chi connectivity index (χ3n) is 4.29. The minimum atomic E-state index is 0.0280. The van der Waals surface area contributed by atoms with Crippen LogP contribution in [0.4, 0.5) is 0 Å². The van der Waals surface area contributed by atoms with Crippen LogP contribution in [-0.2, 0) is 13.0 Å². The summed E-state index contributed by atoms with van der Waals surface area (Å²) in [7, 11) is 0. The van der Waals surface area contributed by atoms with E-state index < -0.39 is 0 Å². The first kappa shape index (κ1) is 16.8. The fraction of sp³-hybridized carbons (Fsp3) is 0.579. The number of hydrogen-bond donors (Lipinski definition) is 0. The Morgan fingerprint density at radius 2 is 1.88 bits per heavy atom. The van der Waals surface area contributed by atoms with Gasteiger partial charge in [-0.3, -0.25) is 9.36 Å². The lowest BCUT2D eigenvalue weighted by molar-refractivity contribution is 0.303. The van der Waals surface area contributed by atoms with Gasteiger partial charge in [0.2, 0.25) is 0 Å². The van der Waals surface area contributed by atoms with Crippen LogP contribution in [-0.4, -0.2) is 22.8 Å². The Morgan fingerprint density at radius 3 is 2.67 bits per heavy atom. The van der Waals surface area contributed by atoms with E-state index in [0.717, 1.165) is 50.9 Å². The van der Waals surface area contributed by atoms with Gasteiger partial charge < -0.3 is 9.47 Å². The number of ether oxygens (including phenoxy) is 2. The average molecular weight is 330 g/mol. The van der Waals surface area contributed by atoms with Gasteiger partial charge in [0.25, 0.3) is 5.56 Å². The second-order valence-electron chi connectivity index (χ2n) is 6.31. The maximum Gasteiger partial charge on any atom is 0.261 e. The Labute approximate surface area is 142 Å². The molecule has 2 heterocycles. The first-order chi connectivity index (χ1) is 11.7. The second kappa shape index (κ2) is 7.69. The summed E-state index contributed by atoms with van der Waals surface area (Å²) in [4.78, 5) is 17.8. The van der Waals surface area contributed by atoms with Crippen molar-refractivity contribution in [2.75, 3.05) is 13.2 Å². The fourth-order valence-corrected chi connectivity index (χ4v) is 3.09. The number of nitrogens with zero attached hydrogens (tertiary/aromatic N) is 2. The van der Waals surface area contributed by atoms with E-state index in [-0.39, 0.29) is 5.56 Å². The molecule has 2 aromatic rings. The summed E-state index contributed by atoms with van der Waals surface area (Å²) in [6, 6.07) is 3.69. The van der Waals surface area contributed by atoms with Crippen molar-refractivity contribution in [2.24, 2.45) is 0 Å². The van der Waals surface area contributed by atoms with Gasteiger partial charge in [-0.1, -0.05) is 20.3 Å². The lowest BCUT2D eigenvalue weighted by Crippen LogP contribution is -2.24. The third kappa shape index (κ3) is 3.40. The van der Waals surface area contributed by atoms with Gasteiger partial charge >= 0.3 is 0 Å². The van der Waals surface area contributed by atoms with Crippen molar-refractivity contribution in [3.05, 3.63) is 28.3 Å². The molecule has 3 rings (SSSR count). The van der Waals surface area contributed by atoms with Crippen LogP contribution in [0.15, 0.2) is 16.9 Å². The maximum absolute atomic E-state index is 13.0. The molecule has 0 saturated heterocycles. The molecule has 130 valence electrons. The van der Waals surface area contributed by atoms with Crippen molar-refractivity contribution < 1.29 is 9.47 Å². The van der Waals surface area contributed by atoms with Gasteiger partial charge in [0, 0.05) is 19.0 Å². The monoisotopic (exact) mass is 330 g/mol. The Kier molecular flexibility index (Phi) is 5.38. The standard InChI is InChI=1S/C19H26N2O3/c1-3-10-23-14-12-15-18(16(13-14)24-11-4-2)20-17-8-6-5-7-9-21(17)19(15)22/h12-13H,3-11H2,1-2H3. The third-order valence-corrected chi connectivity index (χ3v) is 4.29. The zero-order chi connectivity index (χ0) is 16.9. The average Bonchev–Trinajstić information content (AvgIpc) is 2.84. The Hall–Kier alpha value is -2.04. The number of rotatable bonds is 6. The van der Waals surface area contributed by atoms with Crippen LogP contribution >= 0.6 is 0 Å². The van der Waals surface area contributed by atoms with Crippen molar-refractivity contribution in [1.29, 1.82) is 0 Å². The van der Waals surface area contributed by atoms with E-state index in [9.17, 15) is 4.79 Å². The van der Waals surface area contributed by atoms with Gasteiger partial charge in [-0.2, -0.15) is 0 Å². The van der Waals surface area contributed by atoms with Crippen LogP contribution in [0.25, 0.3) is 10.9 Å². The first-order valence-corrected chi connectivity index (χ1v) is 9.07. The number of fused-ring (bicyclic) bond motifs is 2. The van der Waals surface area contributed by atoms with Gasteiger partial charge in [-0.15, -0.1) is 0 Å². The Balaban J connectivity index is 2.16. The molecule has 0 spiro atoms. The lowest BCUT2D eigenvalue weighted by atomic mass is 10.2. The molecule has 0 bridgehead atoms. The van der Waals surface area contributed by atoms with E-state index in [1.54, 1.807) is 0 Å². The zero-order valence-electron chi connectivity index (χ0n) is 14.6. The van der Waals surface area contributed by atoms with E-state index in [0.29, 0.717) is 35.6 Å². The van der Waals surface area contributed by atoms with E-state index >= 15 is 0 Å². The van der Waals surface area contributed by atoms with Crippen molar-refractivity contribution in [3.8, 4) is 11.5 Å². The minimum Gasteiger partial charge on any atom is -0.493 e. The van der Waals surface area contributed by atoms with Crippen molar-refractivity contribution in [2.45, 2.75) is 58.9 Å². The molecule has 0 amide bonds. The summed E-state index contributed by atoms with van der Waals surface area (Å²) >= 11 is 0. The lowest BCUT2D eigenvalue weighted by Gasteiger charge is -2.15. The van der Waals surface area contributed by atoms with Crippen molar-refractivity contribution >= 4 is 10.9 Å². The van der Waals surface area contributed by atoms with Gasteiger partial charge in [0.1, 0.15) is 22.8 Å². The largest absolute Gasteiger partial charge is 0.493 e. The molecule has 0 unspecified atom stereocenters. The highest BCUT2D eigenvalue weighted by Gasteiger charge is 2.17. The molecular formula is C19H26N2O3. The highest BCUT2D eigenvalue weighted by molar-refractivity contribution is 5.85. The quantitative estimate of drug-likeness (QED) is 0.810. The zero-order valence-corrected chi connectivity index (χ0v) is 14.6. The Morgan fingerprint density at radius 1 is 1.08 bits per heavy atom. The van der Waals surface area contributed by atoms with Gasteiger partial charge in [0.15, 0.2) is 0 Å². The molecule has 1 aliphatic heterocycles. The second-order valence-corrected chi connectivity index (χ2v) is 6.31. The highest BCUT2D eigenvalue weighted by Crippen LogP contribution is 2.29. The predicted molar refractivity (Wildman–Crippen MR) is 95.1 cm³/mol. The van der Waals surface area contributed by atoms with Gasteiger partial charge in [-0.25, -0.2) is 4.98 Å². The van der Waals surface area contributed by atoms with Gasteiger partial charge in [-0.05, 0) is 31.7 Å². The molecule has 0 saturated carbocycles. The van der Waals surface area contributed by atoms with E-state index in [1.807, 2.05) is 16.7 Å². The molecule has 0 atom stereocenters. The Bertz CT molecular complexity index is 767. The fourth-order valence-electron chi connectivity index (χ4n) is 3.09. The molecular weight excluding hydrogens is 304 g/mol. The summed E-state index contributed by atoms with van der Waals surface area (Å²) < 4.78 is 13.5. The summed E-state index contributed by atoms with van der Waals surface area (Å²) in [5, 5.41) is 0.598. The molecule has 5 nitrogen and oxygen atoms in total. The SMILES string of the molecule is CCCOc1cc(OCCC)c2nc3n(c(=O)c2c1)CCCCC3. The summed E-state index contributed by atoms with van der Waals surface area (Å²) in [5.41, 5.74) is 0.700. The molecule has 0 aliphatic carbocycles.